The number of hydrogen-bond donors (Lipinski definition) is 1. The predicted octanol–water partition coefficient (Wildman–Crippen LogP) is 2.22. The van der Waals surface area contributed by atoms with Crippen molar-refractivity contribution in [2.75, 3.05) is 0 Å². The maximum absolute atomic E-state index is 12.7. The maximum atomic E-state index is 12.7. The summed E-state index contributed by atoms with van der Waals surface area (Å²) in [7, 11) is 0. The number of halogens is 3. The molecule has 23 heavy (non-hydrogen) atoms. The molecule has 0 aliphatic rings. The van der Waals surface area contributed by atoms with Crippen molar-refractivity contribution in [1.29, 1.82) is 0 Å². The Morgan fingerprint density at radius 1 is 1.26 bits per heavy atom. The minimum Gasteiger partial charge on any atom is -0.354 e. The third-order valence-corrected chi connectivity index (χ3v) is 3.35. The molecule has 0 fully saturated rings. The molecule has 126 valence electrons. The van der Waals surface area contributed by atoms with Gasteiger partial charge in [0.05, 0.1) is 0 Å². The number of alkyl halides is 3. The second kappa shape index (κ2) is 6.13. The predicted molar refractivity (Wildman–Crippen MR) is 76.9 cm³/mol. The van der Waals surface area contributed by atoms with Crippen molar-refractivity contribution in [2.45, 2.75) is 52.8 Å². The molecule has 9 heteroatoms. The highest BCUT2D eigenvalue weighted by atomic mass is 19.4. The van der Waals surface area contributed by atoms with Crippen molar-refractivity contribution < 1.29 is 18.0 Å². The van der Waals surface area contributed by atoms with Crippen LogP contribution in [0.4, 0.5) is 13.2 Å². The van der Waals surface area contributed by atoms with Crippen LogP contribution in [0.15, 0.2) is 0 Å². The largest absolute Gasteiger partial charge is 0.453 e. The lowest BCUT2D eigenvalue weighted by Crippen LogP contribution is -2.30. The monoisotopic (exact) mass is 329 g/mol. The average Bonchev–Trinajstić information content (AvgIpc) is 2.81. The van der Waals surface area contributed by atoms with Gasteiger partial charge in [-0.1, -0.05) is 0 Å². The fourth-order valence-corrected chi connectivity index (χ4v) is 2.32. The van der Waals surface area contributed by atoms with Crippen LogP contribution in [0.5, 0.6) is 0 Å². The number of nitrogens with one attached hydrogen (secondary N) is 1. The number of carbonyl (C=O) groups excluding carboxylic acids is 1. The summed E-state index contributed by atoms with van der Waals surface area (Å²) < 4.78 is 39.2. The van der Waals surface area contributed by atoms with Crippen LogP contribution >= 0.6 is 0 Å². The number of hydrogen-bond acceptors (Lipinski definition) is 4. The van der Waals surface area contributed by atoms with E-state index in [1.807, 2.05) is 13.8 Å². The molecular formula is C14H18F3N5O. The number of rotatable bonds is 4. The van der Waals surface area contributed by atoms with E-state index in [-0.39, 0.29) is 24.1 Å². The van der Waals surface area contributed by atoms with Gasteiger partial charge in [0.25, 0.3) is 11.6 Å². The van der Waals surface area contributed by atoms with Crippen molar-refractivity contribution in [1.82, 2.24) is 24.9 Å². The van der Waals surface area contributed by atoms with E-state index < -0.39 is 12.0 Å². The summed E-state index contributed by atoms with van der Waals surface area (Å²) in [6.07, 6.45) is -4.01. The van der Waals surface area contributed by atoms with Gasteiger partial charge in [0, 0.05) is 23.9 Å². The average molecular weight is 329 g/mol. The molecule has 0 unspecified atom stereocenters. The minimum absolute atomic E-state index is 0.0370. The van der Waals surface area contributed by atoms with Gasteiger partial charge in [-0.25, -0.2) is 9.50 Å². The first-order chi connectivity index (χ1) is 10.6. The summed E-state index contributed by atoms with van der Waals surface area (Å²) in [6, 6.07) is 0.0370. The van der Waals surface area contributed by atoms with Crippen molar-refractivity contribution in [3.63, 3.8) is 0 Å². The van der Waals surface area contributed by atoms with Gasteiger partial charge in [0.2, 0.25) is 5.91 Å². The molecule has 2 aromatic rings. The van der Waals surface area contributed by atoms with Crippen LogP contribution < -0.4 is 5.32 Å². The van der Waals surface area contributed by atoms with Gasteiger partial charge in [-0.2, -0.15) is 18.2 Å². The molecule has 0 spiro atoms. The van der Waals surface area contributed by atoms with Gasteiger partial charge in [0.15, 0.2) is 0 Å². The zero-order chi connectivity index (χ0) is 17.4. The number of amides is 1. The fourth-order valence-electron chi connectivity index (χ4n) is 2.32. The second-order valence-electron chi connectivity index (χ2n) is 5.63. The lowest BCUT2D eigenvalue weighted by molar-refractivity contribution is -0.144. The van der Waals surface area contributed by atoms with E-state index >= 15 is 0 Å². The SMILES string of the molecule is Cc1nc2nc(C(F)(F)F)nn2c(C)c1CCC(=O)NC(C)C. The second-order valence-corrected chi connectivity index (χ2v) is 5.63. The number of carbonyl (C=O) groups is 1. The molecule has 0 aromatic carbocycles. The summed E-state index contributed by atoms with van der Waals surface area (Å²) in [5.41, 5.74) is 1.76. The highest BCUT2D eigenvalue weighted by molar-refractivity contribution is 5.76. The lowest BCUT2D eigenvalue weighted by atomic mass is 10.1. The van der Waals surface area contributed by atoms with Crippen molar-refractivity contribution >= 4 is 11.7 Å². The molecular weight excluding hydrogens is 311 g/mol. The van der Waals surface area contributed by atoms with Gasteiger partial charge >= 0.3 is 6.18 Å². The number of nitrogens with zero attached hydrogens (tertiary/aromatic N) is 4. The van der Waals surface area contributed by atoms with E-state index in [0.29, 0.717) is 23.4 Å². The van der Waals surface area contributed by atoms with Crippen LogP contribution in [0.25, 0.3) is 5.78 Å². The molecule has 0 radical (unpaired) electrons. The Bertz CT molecular complexity index is 736. The summed E-state index contributed by atoms with van der Waals surface area (Å²) in [6.45, 7) is 7.04. The van der Waals surface area contributed by atoms with E-state index in [9.17, 15) is 18.0 Å². The molecule has 0 aliphatic carbocycles. The molecule has 0 bridgehead atoms. The first-order valence-electron chi connectivity index (χ1n) is 7.19. The molecule has 0 saturated heterocycles. The quantitative estimate of drug-likeness (QED) is 0.933. The summed E-state index contributed by atoms with van der Waals surface area (Å²) >= 11 is 0. The normalized spacial score (nSPS) is 12.2. The third-order valence-electron chi connectivity index (χ3n) is 3.35. The third kappa shape index (κ3) is 3.77. The van der Waals surface area contributed by atoms with Crippen molar-refractivity contribution in [3.8, 4) is 0 Å². The molecule has 6 nitrogen and oxygen atoms in total. The molecule has 0 atom stereocenters. The van der Waals surface area contributed by atoms with Gasteiger partial charge in [0.1, 0.15) is 0 Å². The van der Waals surface area contributed by atoms with Crippen LogP contribution in [0, 0.1) is 13.8 Å². The Morgan fingerprint density at radius 2 is 1.91 bits per heavy atom. The Balaban J connectivity index is 2.32. The Morgan fingerprint density at radius 3 is 2.48 bits per heavy atom. The van der Waals surface area contributed by atoms with Crippen LogP contribution in [-0.4, -0.2) is 31.5 Å². The maximum Gasteiger partial charge on any atom is 0.453 e. The van der Waals surface area contributed by atoms with E-state index in [1.165, 1.54) is 0 Å². The Hall–Kier alpha value is -2.19. The summed E-state index contributed by atoms with van der Waals surface area (Å²) in [4.78, 5) is 19.2. The van der Waals surface area contributed by atoms with E-state index in [2.05, 4.69) is 20.4 Å². The topological polar surface area (TPSA) is 72.2 Å². The molecule has 2 rings (SSSR count). The van der Waals surface area contributed by atoms with Gasteiger partial charge in [-0.15, -0.1) is 5.10 Å². The van der Waals surface area contributed by atoms with Crippen LogP contribution in [0.2, 0.25) is 0 Å². The Kier molecular flexibility index (Phi) is 4.58. The number of aromatic nitrogens is 4. The first kappa shape index (κ1) is 17.2. The standard InChI is InChI=1S/C14H18F3N5O/c1-7(2)18-11(23)6-5-10-8(3)19-13-20-12(14(15,16)17)21-22(13)9(10)4/h7H,5-6H2,1-4H3,(H,18,23). The zero-order valence-corrected chi connectivity index (χ0v) is 13.3. The number of fused-ring (bicyclic) bond motifs is 1. The van der Waals surface area contributed by atoms with E-state index in [4.69, 9.17) is 0 Å². The van der Waals surface area contributed by atoms with Gasteiger partial charge in [-0.05, 0) is 39.7 Å². The molecule has 2 aromatic heterocycles. The van der Waals surface area contributed by atoms with Crippen LogP contribution in [-0.2, 0) is 17.4 Å². The Labute approximate surface area is 131 Å². The molecule has 1 amide bonds. The zero-order valence-electron chi connectivity index (χ0n) is 13.3. The molecule has 1 N–H and O–H groups in total. The van der Waals surface area contributed by atoms with Crippen molar-refractivity contribution in [3.05, 3.63) is 22.8 Å². The number of aryl methyl sites for hydroxylation is 2. The minimum atomic E-state index is -4.62. The molecule has 2 heterocycles. The molecule has 0 saturated carbocycles. The van der Waals surface area contributed by atoms with E-state index in [1.54, 1.807) is 13.8 Å². The van der Waals surface area contributed by atoms with Gasteiger partial charge < -0.3 is 5.32 Å². The first-order valence-corrected chi connectivity index (χ1v) is 7.19. The van der Waals surface area contributed by atoms with E-state index in [0.717, 1.165) is 4.52 Å². The summed E-state index contributed by atoms with van der Waals surface area (Å²) in [5, 5.41) is 6.25. The van der Waals surface area contributed by atoms with Crippen molar-refractivity contribution in [2.24, 2.45) is 0 Å². The highest BCUT2D eigenvalue weighted by Crippen LogP contribution is 2.27. The van der Waals surface area contributed by atoms with Gasteiger partial charge in [-0.3, -0.25) is 4.79 Å². The highest BCUT2D eigenvalue weighted by Gasteiger charge is 2.36. The van der Waals surface area contributed by atoms with Crippen LogP contribution in [0.1, 0.15) is 43.0 Å². The smallest absolute Gasteiger partial charge is 0.354 e. The summed E-state index contributed by atoms with van der Waals surface area (Å²) in [5.74, 6) is -1.43. The molecule has 0 aliphatic heterocycles. The fraction of sp³-hybridized carbons (Fsp3) is 0.571. The van der Waals surface area contributed by atoms with Crippen LogP contribution in [0.3, 0.4) is 0 Å². The lowest BCUT2D eigenvalue weighted by Gasteiger charge is -2.11.